The van der Waals surface area contributed by atoms with Gasteiger partial charge in [-0.15, -0.1) is 5.10 Å². The van der Waals surface area contributed by atoms with E-state index in [-0.39, 0.29) is 5.41 Å². The molecule has 3 aromatic heterocycles. The van der Waals surface area contributed by atoms with E-state index in [2.05, 4.69) is 33.7 Å². The standard InChI is InChI=1S/C25H29N5O3S3/c1-16(2)19-14-26-12-10-25(19,22-15-27-30-35-22)11-13-33-24-29-21-9-8-20(28-23(21)34-24)17-4-6-18(7-5-17)36(3,31)32/h4-9,15-16,19,26H,10-14H2,1-3H3. The second-order valence-corrected chi connectivity index (χ2v) is 13.4. The molecule has 1 saturated heterocycles. The van der Waals surface area contributed by atoms with Crippen LogP contribution in [0, 0.1) is 11.8 Å². The molecule has 5 rings (SSSR count). The molecule has 190 valence electrons. The Hall–Kier alpha value is -2.47. The zero-order chi connectivity index (χ0) is 25.3. The molecule has 2 unspecified atom stereocenters. The number of piperidine rings is 1. The average Bonchev–Trinajstić information content (AvgIpc) is 3.53. The molecule has 0 amide bonds. The van der Waals surface area contributed by atoms with E-state index in [1.807, 2.05) is 18.3 Å². The van der Waals surface area contributed by atoms with Crippen LogP contribution in [0.25, 0.3) is 21.6 Å². The number of aromatic nitrogens is 4. The van der Waals surface area contributed by atoms with Crippen LogP contribution in [0.4, 0.5) is 0 Å². The van der Waals surface area contributed by atoms with Gasteiger partial charge in [0.2, 0.25) is 0 Å². The lowest BCUT2D eigenvalue weighted by molar-refractivity contribution is 0.121. The van der Waals surface area contributed by atoms with Crippen LogP contribution < -0.4 is 10.1 Å². The summed E-state index contributed by atoms with van der Waals surface area (Å²) in [5.41, 5.74) is 2.40. The number of pyridine rings is 1. The van der Waals surface area contributed by atoms with E-state index in [0.717, 1.165) is 47.5 Å². The van der Waals surface area contributed by atoms with E-state index in [1.54, 1.807) is 24.3 Å². The Bertz CT molecular complexity index is 1440. The summed E-state index contributed by atoms with van der Waals surface area (Å²) in [4.78, 5) is 11.7. The molecular formula is C25H29N5O3S3. The molecule has 4 aromatic rings. The molecule has 11 heteroatoms. The van der Waals surface area contributed by atoms with Crippen LogP contribution in [0.5, 0.6) is 5.19 Å². The lowest BCUT2D eigenvalue weighted by Crippen LogP contribution is -2.50. The third-order valence-electron chi connectivity index (χ3n) is 7.07. The molecule has 1 fully saturated rings. The fourth-order valence-corrected chi connectivity index (χ4v) is 7.42. The van der Waals surface area contributed by atoms with Crippen molar-refractivity contribution < 1.29 is 13.2 Å². The summed E-state index contributed by atoms with van der Waals surface area (Å²) in [5, 5.41) is 8.31. The van der Waals surface area contributed by atoms with Gasteiger partial charge in [-0.25, -0.2) is 18.4 Å². The van der Waals surface area contributed by atoms with E-state index in [1.165, 1.54) is 34.0 Å². The van der Waals surface area contributed by atoms with E-state index in [0.29, 0.717) is 28.5 Å². The lowest BCUT2D eigenvalue weighted by atomic mass is 9.64. The predicted molar refractivity (Wildman–Crippen MR) is 143 cm³/mol. The van der Waals surface area contributed by atoms with Gasteiger partial charge in [0, 0.05) is 17.2 Å². The number of ether oxygens (including phenoxy) is 1. The number of nitrogens with one attached hydrogen (secondary N) is 1. The number of benzene rings is 1. The zero-order valence-electron chi connectivity index (χ0n) is 20.5. The van der Waals surface area contributed by atoms with Gasteiger partial charge >= 0.3 is 0 Å². The first-order valence-electron chi connectivity index (χ1n) is 12.0. The first kappa shape index (κ1) is 25.2. The van der Waals surface area contributed by atoms with Crippen molar-refractivity contribution in [2.24, 2.45) is 11.8 Å². The summed E-state index contributed by atoms with van der Waals surface area (Å²) in [6.07, 6.45) is 5.04. The minimum absolute atomic E-state index is 0.00613. The monoisotopic (exact) mass is 543 g/mol. The molecule has 1 N–H and O–H groups in total. The van der Waals surface area contributed by atoms with Gasteiger partial charge in [-0.05, 0) is 73.6 Å². The van der Waals surface area contributed by atoms with Gasteiger partial charge in [-0.3, -0.25) is 0 Å². The van der Waals surface area contributed by atoms with Crippen LogP contribution in [0.15, 0.2) is 47.5 Å². The maximum atomic E-state index is 11.7. The summed E-state index contributed by atoms with van der Waals surface area (Å²) < 4.78 is 33.8. The third-order valence-corrected chi connectivity index (χ3v) is 9.96. The average molecular weight is 544 g/mol. The number of hydrogen-bond acceptors (Lipinski definition) is 10. The summed E-state index contributed by atoms with van der Waals surface area (Å²) >= 11 is 2.93. The second-order valence-electron chi connectivity index (χ2n) is 9.64. The van der Waals surface area contributed by atoms with Crippen LogP contribution in [-0.4, -0.2) is 53.9 Å². The van der Waals surface area contributed by atoms with Crippen molar-refractivity contribution in [3.05, 3.63) is 47.5 Å². The number of sulfone groups is 1. The van der Waals surface area contributed by atoms with E-state index < -0.39 is 9.84 Å². The number of hydrogen-bond donors (Lipinski definition) is 1. The third kappa shape index (κ3) is 5.02. The van der Waals surface area contributed by atoms with Gasteiger partial charge in [-0.1, -0.05) is 41.8 Å². The maximum Gasteiger partial charge on any atom is 0.275 e. The van der Waals surface area contributed by atoms with Crippen molar-refractivity contribution >= 4 is 43.1 Å². The van der Waals surface area contributed by atoms with Gasteiger partial charge in [0.05, 0.1) is 28.3 Å². The quantitative estimate of drug-likeness (QED) is 0.344. The van der Waals surface area contributed by atoms with Gasteiger partial charge in [0.1, 0.15) is 10.3 Å². The first-order chi connectivity index (χ1) is 17.3. The second kappa shape index (κ2) is 10.1. The minimum Gasteiger partial charge on any atom is -0.470 e. The van der Waals surface area contributed by atoms with Crippen LogP contribution >= 0.6 is 22.9 Å². The van der Waals surface area contributed by atoms with Crippen molar-refractivity contribution in [3.63, 3.8) is 0 Å². The number of nitrogens with zero attached hydrogens (tertiary/aromatic N) is 4. The normalized spacial score (nSPS) is 20.7. The molecule has 0 spiro atoms. The van der Waals surface area contributed by atoms with Crippen molar-refractivity contribution in [2.75, 3.05) is 26.0 Å². The number of rotatable bonds is 8. The van der Waals surface area contributed by atoms with E-state index >= 15 is 0 Å². The zero-order valence-corrected chi connectivity index (χ0v) is 22.9. The number of thiazole rings is 1. The predicted octanol–water partition coefficient (Wildman–Crippen LogP) is 4.59. The Morgan fingerprint density at radius 3 is 2.67 bits per heavy atom. The van der Waals surface area contributed by atoms with Crippen molar-refractivity contribution in [1.29, 1.82) is 0 Å². The van der Waals surface area contributed by atoms with Crippen LogP contribution in [0.2, 0.25) is 0 Å². The highest BCUT2D eigenvalue weighted by Crippen LogP contribution is 2.45. The molecule has 0 radical (unpaired) electrons. The molecular weight excluding hydrogens is 515 g/mol. The highest BCUT2D eigenvalue weighted by Gasteiger charge is 2.44. The Balaban J connectivity index is 1.33. The molecule has 0 saturated carbocycles. The Morgan fingerprint density at radius 1 is 1.17 bits per heavy atom. The van der Waals surface area contributed by atoms with Crippen LogP contribution in [0.3, 0.4) is 0 Å². The van der Waals surface area contributed by atoms with Gasteiger partial charge in [0.25, 0.3) is 5.19 Å². The summed E-state index contributed by atoms with van der Waals surface area (Å²) in [6.45, 7) is 7.08. The number of fused-ring (bicyclic) bond motifs is 1. The van der Waals surface area contributed by atoms with Gasteiger partial charge in [0.15, 0.2) is 9.84 Å². The molecule has 0 aliphatic carbocycles. The fourth-order valence-electron chi connectivity index (χ4n) is 5.16. The highest BCUT2D eigenvalue weighted by atomic mass is 32.2. The minimum atomic E-state index is -3.23. The molecule has 2 atom stereocenters. The summed E-state index contributed by atoms with van der Waals surface area (Å²) in [6, 6.07) is 10.6. The van der Waals surface area contributed by atoms with Crippen molar-refractivity contribution in [1.82, 2.24) is 24.9 Å². The highest BCUT2D eigenvalue weighted by molar-refractivity contribution is 7.90. The maximum absolute atomic E-state index is 11.7. The van der Waals surface area contributed by atoms with Crippen molar-refractivity contribution in [2.45, 2.75) is 37.0 Å². The smallest absolute Gasteiger partial charge is 0.275 e. The topological polar surface area (TPSA) is 107 Å². The molecule has 0 bridgehead atoms. The molecule has 1 aliphatic heterocycles. The Labute approximate surface area is 219 Å². The Morgan fingerprint density at radius 2 is 1.97 bits per heavy atom. The van der Waals surface area contributed by atoms with E-state index in [9.17, 15) is 8.42 Å². The van der Waals surface area contributed by atoms with Crippen molar-refractivity contribution in [3.8, 4) is 16.5 Å². The molecule has 36 heavy (non-hydrogen) atoms. The Kier molecular flexibility index (Phi) is 7.08. The lowest BCUT2D eigenvalue weighted by Gasteiger charge is -2.45. The van der Waals surface area contributed by atoms with E-state index in [4.69, 9.17) is 9.72 Å². The molecule has 1 aliphatic rings. The van der Waals surface area contributed by atoms with Gasteiger partial charge in [-0.2, -0.15) is 0 Å². The summed E-state index contributed by atoms with van der Waals surface area (Å²) in [7, 11) is -3.23. The molecule has 8 nitrogen and oxygen atoms in total. The first-order valence-corrected chi connectivity index (χ1v) is 15.4. The SMILES string of the molecule is CC(C)C1CNCCC1(CCOc1nc2ccc(-c3ccc(S(C)(=O)=O)cc3)nc2s1)c1cnns1. The largest absolute Gasteiger partial charge is 0.470 e. The van der Waals surface area contributed by atoms with Crippen LogP contribution in [-0.2, 0) is 15.3 Å². The summed E-state index contributed by atoms with van der Waals surface area (Å²) in [5.74, 6) is 1.00. The van der Waals surface area contributed by atoms with Gasteiger partial charge < -0.3 is 10.1 Å². The fraction of sp³-hybridized carbons (Fsp3) is 0.440. The van der Waals surface area contributed by atoms with Crippen LogP contribution in [0.1, 0.15) is 31.6 Å². The molecule has 1 aromatic carbocycles. The molecule has 4 heterocycles.